The van der Waals surface area contributed by atoms with Gasteiger partial charge in [-0.25, -0.2) is 4.98 Å². The number of para-hydroxylation sites is 2. The Bertz CT molecular complexity index is 597. The number of hydrogen-bond donors (Lipinski definition) is 2. The van der Waals surface area contributed by atoms with Gasteiger partial charge in [-0.1, -0.05) is 18.2 Å². The Labute approximate surface area is 131 Å². The van der Waals surface area contributed by atoms with Gasteiger partial charge in [-0.2, -0.15) is 0 Å². The van der Waals surface area contributed by atoms with Crippen molar-refractivity contribution in [3.63, 3.8) is 0 Å². The third-order valence-corrected chi connectivity index (χ3v) is 4.11. The second kappa shape index (κ2) is 6.66. The zero-order valence-electron chi connectivity index (χ0n) is 12.8. The van der Waals surface area contributed by atoms with Gasteiger partial charge in [-0.05, 0) is 31.2 Å². The van der Waals surface area contributed by atoms with Crippen molar-refractivity contribution in [2.45, 2.75) is 13.1 Å². The topological polar surface area (TPSA) is 51.6 Å². The lowest BCUT2D eigenvalue weighted by Gasteiger charge is -2.39. The van der Waals surface area contributed by atoms with E-state index in [1.807, 2.05) is 36.4 Å². The highest BCUT2D eigenvalue weighted by Crippen LogP contribution is 2.27. The molecule has 2 N–H and O–H groups in total. The van der Waals surface area contributed by atoms with E-state index in [0.717, 1.165) is 37.7 Å². The Morgan fingerprint density at radius 3 is 2.45 bits per heavy atom. The predicted molar refractivity (Wildman–Crippen MR) is 89.2 cm³/mol. The molecule has 2 aromatic rings. The maximum Gasteiger partial charge on any atom is 0.138 e. The quantitative estimate of drug-likeness (QED) is 0.907. The van der Waals surface area contributed by atoms with Crippen LogP contribution in [0.4, 0.5) is 11.5 Å². The van der Waals surface area contributed by atoms with Crippen LogP contribution in [0.3, 0.4) is 0 Å². The van der Waals surface area contributed by atoms with Gasteiger partial charge >= 0.3 is 0 Å². The zero-order valence-corrected chi connectivity index (χ0v) is 12.8. The minimum Gasteiger partial charge on any atom is -0.506 e. The second-order valence-electron chi connectivity index (χ2n) is 5.55. The number of aromatic nitrogens is 1. The van der Waals surface area contributed by atoms with E-state index in [2.05, 4.69) is 27.0 Å². The van der Waals surface area contributed by atoms with E-state index >= 15 is 0 Å². The fraction of sp³-hybridized carbons (Fsp3) is 0.353. The number of phenols is 1. The molecule has 1 fully saturated rings. The molecule has 1 aliphatic rings. The molecule has 0 saturated carbocycles. The summed E-state index contributed by atoms with van der Waals surface area (Å²) in [6, 6.07) is 13.4. The molecule has 0 amide bonds. The number of phenolic OH excluding ortho intramolecular Hbond substituents is 1. The zero-order chi connectivity index (χ0) is 15.4. The number of nitrogens with one attached hydrogen (secondary N) is 1. The van der Waals surface area contributed by atoms with E-state index < -0.39 is 0 Å². The van der Waals surface area contributed by atoms with E-state index in [0.29, 0.717) is 5.75 Å². The molecule has 22 heavy (non-hydrogen) atoms. The number of rotatable bonds is 4. The monoisotopic (exact) mass is 298 g/mol. The summed E-state index contributed by atoms with van der Waals surface area (Å²) in [6.07, 6.45) is 2.03. The van der Waals surface area contributed by atoms with Crippen LogP contribution in [0, 0.1) is 0 Å². The van der Waals surface area contributed by atoms with Gasteiger partial charge in [0.1, 0.15) is 11.6 Å². The van der Waals surface area contributed by atoms with E-state index in [-0.39, 0.29) is 6.17 Å². The molecule has 116 valence electrons. The smallest absolute Gasteiger partial charge is 0.138 e. The van der Waals surface area contributed by atoms with Crippen molar-refractivity contribution in [2.75, 3.05) is 36.4 Å². The third kappa shape index (κ3) is 3.31. The van der Waals surface area contributed by atoms with Gasteiger partial charge in [0.15, 0.2) is 0 Å². The molecule has 1 unspecified atom stereocenters. The SMILES string of the molecule is CC(Nc1ccccn1)N1CCN(c2ccccc2O)CC1. The fourth-order valence-corrected chi connectivity index (χ4v) is 2.84. The molecule has 2 heterocycles. The van der Waals surface area contributed by atoms with E-state index in [9.17, 15) is 5.11 Å². The average molecular weight is 298 g/mol. The van der Waals surface area contributed by atoms with E-state index in [4.69, 9.17) is 0 Å². The highest BCUT2D eigenvalue weighted by molar-refractivity contribution is 5.57. The van der Waals surface area contributed by atoms with Gasteiger partial charge in [0.05, 0.1) is 11.9 Å². The molecule has 5 heteroatoms. The van der Waals surface area contributed by atoms with Gasteiger partial charge in [-0.3, -0.25) is 4.90 Å². The first-order valence-corrected chi connectivity index (χ1v) is 7.68. The van der Waals surface area contributed by atoms with Crippen molar-refractivity contribution >= 4 is 11.5 Å². The van der Waals surface area contributed by atoms with Crippen LogP contribution in [0.1, 0.15) is 6.92 Å². The number of anilines is 2. The first-order chi connectivity index (χ1) is 10.7. The molecule has 0 radical (unpaired) electrons. The van der Waals surface area contributed by atoms with E-state index in [1.54, 1.807) is 12.3 Å². The second-order valence-corrected chi connectivity index (χ2v) is 5.55. The Hall–Kier alpha value is -2.27. The van der Waals surface area contributed by atoms with Crippen LogP contribution < -0.4 is 10.2 Å². The third-order valence-electron chi connectivity index (χ3n) is 4.11. The van der Waals surface area contributed by atoms with Gasteiger partial charge in [0.25, 0.3) is 0 Å². The first kappa shape index (κ1) is 14.7. The molecular formula is C17H22N4O. The van der Waals surface area contributed by atoms with Crippen molar-refractivity contribution < 1.29 is 5.11 Å². The Morgan fingerprint density at radius 1 is 1.05 bits per heavy atom. The van der Waals surface area contributed by atoms with Crippen molar-refractivity contribution in [3.8, 4) is 5.75 Å². The summed E-state index contributed by atoms with van der Waals surface area (Å²) in [4.78, 5) is 8.94. The maximum atomic E-state index is 9.96. The number of benzene rings is 1. The number of hydrogen-bond acceptors (Lipinski definition) is 5. The van der Waals surface area contributed by atoms with Crippen LogP contribution in [-0.4, -0.2) is 47.3 Å². The normalized spacial score (nSPS) is 17.2. The van der Waals surface area contributed by atoms with E-state index in [1.165, 1.54) is 0 Å². The molecule has 0 bridgehead atoms. The fourth-order valence-electron chi connectivity index (χ4n) is 2.84. The van der Waals surface area contributed by atoms with Gasteiger partial charge in [0.2, 0.25) is 0 Å². The number of aromatic hydroxyl groups is 1. The van der Waals surface area contributed by atoms with Crippen molar-refractivity contribution in [1.29, 1.82) is 0 Å². The average Bonchev–Trinajstić information content (AvgIpc) is 2.56. The summed E-state index contributed by atoms with van der Waals surface area (Å²) in [6.45, 7) is 5.88. The molecule has 1 saturated heterocycles. The van der Waals surface area contributed by atoms with Crippen LogP contribution >= 0.6 is 0 Å². The van der Waals surface area contributed by atoms with Crippen molar-refractivity contribution in [3.05, 3.63) is 48.7 Å². The van der Waals surface area contributed by atoms with Crippen LogP contribution in [0.5, 0.6) is 5.75 Å². The van der Waals surface area contributed by atoms with Crippen LogP contribution in [0.15, 0.2) is 48.7 Å². The standard InChI is InChI=1S/C17H22N4O/c1-14(19-17-8-4-5-9-18-17)20-10-12-21(13-11-20)15-6-2-3-7-16(15)22/h2-9,14,22H,10-13H2,1H3,(H,18,19). The highest BCUT2D eigenvalue weighted by Gasteiger charge is 2.22. The molecule has 0 spiro atoms. The lowest BCUT2D eigenvalue weighted by molar-refractivity contribution is 0.214. The number of piperazine rings is 1. The molecule has 5 nitrogen and oxygen atoms in total. The largest absolute Gasteiger partial charge is 0.506 e. The van der Waals surface area contributed by atoms with Crippen molar-refractivity contribution in [1.82, 2.24) is 9.88 Å². The van der Waals surface area contributed by atoms with Gasteiger partial charge in [0, 0.05) is 32.4 Å². The predicted octanol–water partition coefficient (Wildman–Crippen LogP) is 2.37. The summed E-state index contributed by atoms with van der Waals surface area (Å²) >= 11 is 0. The van der Waals surface area contributed by atoms with Gasteiger partial charge in [-0.15, -0.1) is 0 Å². The van der Waals surface area contributed by atoms with Gasteiger partial charge < -0.3 is 15.3 Å². The molecule has 1 atom stereocenters. The molecule has 1 aromatic carbocycles. The molecular weight excluding hydrogens is 276 g/mol. The number of nitrogens with zero attached hydrogens (tertiary/aromatic N) is 3. The lowest BCUT2D eigenvalue weighted by atomic mass is 10.2. The summed E-state index contributed by atoms with van der Waals surface area (Å²) in [5.74, 6) is 1.26. The molecule has 0 aliphatic carbocycles. The number of pyridine rings is 1. The molecule has 1 aliphatic heterocycles. The Morgan fingerprint density at radius 2 is 1.77 bits per heavy atom. The minimum absolute atomic E-state index is 0.237. The van der Waals surface area contributed by atoms with Crippen LogP contribution in [-0.2, 0) is 0 Å². The highest BCUT2D eigenvalue weighted by atomic mass is 16.3. The summed E-state index contributed by atoms with van der Waals surface area (Å²) in [7, 11) is 0. The molecule has 1 aromatic heterocycles. The summed E-state index contributed by atoms with van der Waals surface area (Å²) < 4.78 is 0. The maximum absolute atomic E-state index is 9.96. The Balaban J connectivity index is 1.56. The molecule has 3 rings (SSSR count). The Kier molecular flexibility index (Phi) is 4.44. The summed E-state index contributed by atoms with van der Waals surface area (Å²) in [5, 5.41) is 13.4. The van der Waals surface area contributed by atoms with Crippen LogP contribution in [0.25, 0.3) is 0 Å². The first-order valence-electron chi connectivity index (χ1n) is 7.68. The van der Waals surface area contributed by atoms with Crippen molar-refractivity contribution in [2.24, 2.45) is 0 Å². The minimum atomic E-state index is 0.237. The summed E-state index contributed by atoms with van der Waals surface area (Å²) in [5.41, 5.74) is 0.924. The lowest BCUT2D eigenvalue weighted by Crippen LogP contribution is -2.51. The van der Waals surface area contributed by atoms with Crippen LogP contribution in [0.2, 0.25) is 0 Å².